The molecule has 2 heterocycles. The molecule has 0 saturated heterocycles. The summed E-state index contributed by atoms with van der Waals surface area (Å²) < 4.78 is 0. The zero-order valence-electron chi connectivity index (χ0n) is 13.7. The number of rotatable bonds is 4. The molecule has 132 valence electrons. The third-order valence-corrected chi connectivity index (χ3v) is 4.49. The molecule has 26 heavy (non-hydrogen) atoms. The van der Waals surface area contributed by atoms with Crippen LogP contribution in [0.25, 0.3) is 22.5 Å². The first-order valence-electron chi connectivity index (χ1n) is 7.62. The van der Waals surface area contributed by atoms with Crippen LogP contribution in [0, 0.1) is 5.41 Å². The van der Waals surface area contributed by atoms with Gasteiger partial charge in [0.15, 0.2) is 0 Å². The van der Waals surface area contributed by atoms with Crippen LogP contribution in [0.4, 0.5) is 5.82 Å². The minimum Gasteiger partial charge on any atom is -0.383 e. The molecule has 0 saturated carbocycles. The summed E-state index contributed by atoms with van der Waals surface area (Å²) in [5.74, 6) is -0.0355. The van der Waals surface area contributed by atoms with Gasteiger partial charge in [0.25, 0.3) is 5.91 Å². The lowest BCUT2D eigenvalue weighted by atomic mass is 10.1. The molecule has 8 heteroatoms. The van der Waals surface area contributed by atoms with Gasteiger partial charge in [-0.15, -0.1) is 0 Å². The molecule has 1 aromatic carbocycles. The van der Waals surface area contributed by atoms with Crippen LogP contribution in [0.5, 0.6) is 0 Å². The fourth-order valence-corrected chi connectivity index (χ4v) is 3.20. The second kappa shape index (κ2) is 7.19. The molecule has 0 fully saturated rings. The number of hydrogen-bond donors (Lipinski definition) is 4. The number of pyridine rings is 1. The number of hydrogen-bond acceptors (Lipinski definition) is 4. The Morgan fingerprint density at radius 3 is 2.69 bits per heavy atom. The number of nitrogens with zero attached hydrogens (tertiary/aromatic N) is 1. The van der Waals surface area contributed by atoms with Gasteiger partial charge in [0.05, 0.1) is 16.3 Å². The topological polar surface area (TPSA) is 108 Å². The Bertz CT molecular complexity index is 1010. The molecule has 0 bridgehead atoms. The van der Waals surface area contributed by atoms with Gasteiger partial charge >= 0.3 is 0 Å². The van der Waals surface area contributed by atoms with Crippen molar-refractivity contribution in [2.45, 2.75) is 0 Å². The fourth-order valence-electron chi connectivity index (χ4n) is 2.69. The van der Waals surface area contributed by atoms with Gasteiger partial charge in [-0.1, -0.05) is 23.2 Å². The Morgan fingerprint density at radius 2 is 2.04 bits per heavy atom. The number of benzene rings is 1. The SMILES string of the molecule is CNC(=O)c1cc(-c2ccnc(N)c2C=N)[nH]c1-c1ccc(Cl)cc1Cl. The zero-order valence-corrected chi connectivity index (χ0v) is 15.2. The molecule has 0 atom stereocenters. The van der Waals surface area contributed by atoms with Crippen molar-refractivity contribution in [3.63, 3.8) is 0 Å². The van der Waals surface area contributed by atoms with E-state index in [4.69, 9.17) is 34.3 Å². The van der Waals surface area contributed by atoms with Crippen molar-refractivity contribution >= 4 is 41.1 Å². The average Bonchev–Trinajstić information content (AvgIpc) is 3.05. The van der Waals surface area contributed by atoms with Crippen molar-refractivity contribution in [3.05, 3.63) is 57.7 Å². The molecule has 3 rings (SSSR count). The quantitative estimate of drug-likeness (QED) is 0.508. The monoisotopic (exact) mass is 387 g/mol. The van der Waals surface area contributed by atoms with E-state index in [0.29, 0.717) is 43.7 Å². The van der Waals surface area contributed by atoms with Crippen LogP contribution in [-0.4, -0.2) is 29.1 Å². The number of amides is 1. The first-order chi connectivity index (χ1) is 12.5. The number of halogens is 2. The van der Waals surface area contributed by atoms with Gasteiger partial charge in [-0.3, -0.25) is 4.79 Å². The van der Waals surface area contributed by atoms with Gasteiger partial charge < -0.3 is 21.4 Å². The predicted octanol–water partition coefficient (Wildman–Crippen LogP) is 3.99. The van der Waals surface area contributed by atoms with Crippen molar-refractivity contribution in [3.8, 4) is 22.5 Å². The van der Waals surface area contributed by atoms with Gasteiger partial charge in [0, 0.05) is 46.9 Å². The zero-order chi connectivity index (χ0) is 18.8. The van der Waals surface area contributed by atoms with Crippen LogP contribution in [0.15, 0.2) is 36.5 Å². The first kappa shape index (κ1) is 18.0. The summed E-state index contributed by atoms with van der Waals surface area (Å²) in [6, 6.07) is 8.47. The maximum atomic E-state index is 12.4. The molecule has 6 nitrogen and oxygen atoms in total. The third kappa shape index (κ3) is 3.16. The highest BCUT2D eigenvalue weighted by Crippen LogP contribution is 2.35. The molecular weight excluding hydrogens is 373 g/mol. The van der Waals surface area contributed by atoms with E-state index >= 15 is 0 Å². The highest BCUT2D eigenvalue weighted by atomic mass is 35.5. The molecule has 0 radical (unpaired) electrons. The number of aromatic nitrogens is 2. The van der Waals surface area contributed by atoms with Crippen LogP contribution in [-0.2, 0) is 0 Å². The standard InChI is InChI=1S/C18H15Cl2N5O/c1-23-18(26)12-7-15(10-4-5-24-17(22)13(10)8-21)25-16(12)11-3-2-9(19)6-14(11)20/h2-8,21,25H,1H3,(H2,22,24)(H,23,26). The molecule has 0 spiro atoms. The molecule has 0 unspecified atom stereocenters. The smallest absolute Gasteiger partial charge is 0.253 e. The largest absolute Gasteiger partial charge is 0.383 e. The van der Waals surface area contributed by atoms with Crippen LogP contribution >= 0.6 is 23.2 Å². The molecule has 0 aliphatic rings. The molecule has 0 aliphatic carbocycles. The molecule has 0 aliphatic heterocycles. The summed E-state index contributed by atoms with van der Waals surface area (Å²) in [6.07, 6.45) is 2.68. The lowest BCUT2D eigenvalue weighted by Crippen LogP contribution is -2.17. The summed E-state index contributed by atoms with van der Waals surface area (Å²) in [5.41, 5.74) is 9.21. The Balaban J connectivity index is 2.25. The van der Waals surface area contributed by atoms with Crippen LogP contribution in [0.2, 0.25) is 10.0 Å². The van der Waals surface area contributed by atoms with Crippen LogP contribution < -0.4 is 11.1 Å². The second-order valence-electron chi connectivity index (χ2n) is 5.48. The number of nitrogens with one attached hydrogen (secondary N) is 3. The molecule has 3 aromatic rings. The van der Waals surface area contributed by atoms with E-state index in [1.54, 1.807) is 43.6 Å². The fraction of sp³-hybridized carbons (Fsp3) is 0.0556. The van der Waals surface area contributed by atoms with Gasteiger partial charge in [-0.25, -0.2) is 4.98 Å². The van der Waals surface area contributed by atoms with Crippen LogP contribution in [0.3, 0.4) is 0 Å². The number of carbonyl (C=O) groups is 1. The number of nitrogens with two attached hydrogens (primary N) is 1. The van der Waals surface area contributed by atoms with Gasteiger partial charge in [0.2, 0.25) is 0 Å². The highest BCUT2D eigenvalue weighted by Gasteiger charge is 2.20. The normalized spacial score (nSPS) is 10.6. The number of H-pyrrole nitrogens is 1. The maximum absolute atomic E-state index is 12.4. The number of carbonyl (C=O) groups excluding carboxylic acids is 1. The van der Waals surface area contributed by atoms with Crippen molar-refractivity contribution in [1.29, 1.82) is 5.41 Å². The summed E-state index contributed by atoms with van der Waals surface area (Å²) in [4.78, 5) is 19.6. The second-order valence-corrected chi connectivity index (χ2v) is 6.32. The summed E-state index contributed by atoms with van der Waals surface area (Å²) in [7, 11) is 1.55. The molecule has 1 amide bonds. The third-order valence-electron chi connectivity index (χ3n) is 3.95. The van der Waals surface area contributed by atoms with E-state index in [0.717, 1.165) is 6.21 Å². The summed E-state index contributed by atoms with van der Waals surface area (Å²) >= 11 is 12.3. The molecule has 5 N–H and O–H groups in total. The van der Waals surface area contributed by atoms with E-state index < -0.39 is 0 Å². The van der Waals surface area contributed by atoms with E-state index in [9.17, 15) is 4.79 Å². The average molecular weight is 388 g/mol. The molecule has 2 aromatic heterocycles. The van der Waals surface area contributed by atoms with Gasteiger partial charge in [0.1, 0.15) is 5.82 Å². The number of anilines is 1. The van der Waals surface area contributed by atoms with Crippen molar-refractivity contribution < 1.29 is 4.79 Å². The Kier molecular flexibility index (Phi) is 4.97. The molecular formula is C18H15Cl2N5O. The number of aromatic amines is 1. The van der Waals surface area contributed by atoms with E-state index in [-0.39, 0.29) is 11.7 Å². The number of nitrogen functional groups attached to an aromatic ring is 1. The van der Waals surface area contributed by atoms with Crippen molar-refractivity contribution in [2.75, 3.05) is 12.8 Å². The Labute approximate surface area is 159 Å². The minimum absolute atomic E-state index is 0.236. The first-order valence-corrected chi connectivity index (χ1v) is 8.37. The highest BCUT2D eigenvalue weighted by molar-refractivity contribution is 6.36. The van der Waals surface area contributed by atoms with E-state index in [1.807, 2.05) is 0 Å². The van der Waals surface area contributed by atoms with Crippen LogP contribution in [0.1, 0.15) is 15.9 Å². The van der Waals surface area contributed by atoms with Crippen molar-refractivity contribution in [2.24, 2.45) is 0 Å². The Hall–Kier alpha value is -2.83. The van der Waals surface area contributed by atoms with E-state index in [2.05, 4.69) is 15.3 Å². The van der Waals surface area contributed by atoms with Gasteiger partial charge in [-0.05, 0) is 30.3 Å². The van der Waals surface area contributed by atoms with Gasteiger partial charge in [-0.2, -0.15) is 0 Å². The predicted molar refractivity (Wildman–Crippen MR) is 105 cm³/mol. The maximum Gasteiger partial charge on any atom is 0.253 e. The Morgan fingerprint density at radius 1 is 1.27 bits per heavy atom. The summed E-state index contributed by atoms with van der Waals surface area (Å²) in [5, 5.41) is 11.1. The lowest BCUT2D eigenvalue weighted by Gasteiger charge is -2.07. The van der Waals surface area contributed by atoms with Crippen molar-refractivity contribution in [1.82, 2.24) is 15.3 Å². The lowest BCUT2D eigenvalue weighted by molar-refractivity contribution is 0.0964. The minimum atomic E-state index is -0.271. The van der Waals surface area contributed by atoms with E-state index in [1.165, 1.54) is 0 Å². The summed E-state index contributed by atoms with van der Waals surface area (Å²) in [6.45, 7) is 0.